The van der Waals surface area contributed by atoms with Crippen LogP contribution in [-0.4, -0.2) is 61.5 Å². The molecule has 6 nitrogen and oxygen atoms in total. The molecule has 0 bridgehead atoms. The lowest BCUT2D eigenvalue weighted by molar-refractivity contribution is -0.131. The van der Waals surface area contributed by atoms with Gasteiger partial charge in [-0.05, 0) is 24.7 Å². The summed E-state index contributed by atoms with van der Waals surface area (Å²) in [4.78, 5) is 27.5. The highest BCUT2D eigenvalue weighted by Gasteiger charge is 2.19. The Labute approximate surface area is 129 Å². The number of likely N-dealkylation sites (N-methyl/N-ethyl adjacent to an activating group) is 1. The van der Waals surface area contributed by atoms with Gasteiger partial charge in [0.25, 0.3) is 0 Å². The zero-order valence-electron chi connectivity index (χ0n) is 12.6. The van der Waals surface area contributed by atoms with Gasteiger partial charge in [-0.15, -0.1) is 0 Å². The Bertz CT molecular complexity index is 513. The van der Waals surface area contributed by atoms with Crippen molar-refractivity contribution >= 4 is 11.9 Å². The van der Waals surface area contributed by atoms with Crippen LogP contribution in [0.5, 0.6) is 0 Å². The van der Waals surface area contributed by atoms with E-state index in [2.05, 4.69) is 15.5 Å². The van der Waals surface area contributed by atoms with Gasteiger partial charge in [0.05, 0.1) is 6.54 Å². The largest absolute Gasteiger partial charge is 0.339 e. The van der Waals surface area contributed by atoms with E-state index in [1.165, 1.54) is 12.1 Å². The van der Waals surface area contributed by atoms with Crippen molar-refractivity contribution in [2.75, 3.05) is 39.8 Å². The minimum absolute atomic E-state index is 0.0149. The summed E-state index contributed by atoms with van der Waals surface area (Å²) < 4.78 is 12.8. The smallest absolute Gasteiger partial charge is 0.315 e. The Balaban J connectivity index is 1.66. The predicted molar refractivity (Wildman–Crippen MR) is 80.7 cm³/mol. The number of rotatable bonds is 4. The minimum Gasteiger partial charge on any atom is -0.339 e. The third kappa shape index (κ3) is 5.00. The fourth-order valence-electron chi connectivity index (χ4n) is 2.17. The number of amides is 3. The van der Waals surface area contributed by atoms with Crippen LogP contribution in [0.1, 0.15) is 5.56 Å². The fourth-order valence-corrected chi connectivity index (χ4v) is 2.17. The molecule has 1 aliphatic rings. The van der Waals surface area contributed by atoms with E-state index in [-0.39, 0.29) is 24.8 Å². The van der Waals surface area contributed by atoms with E-state index in [4.69, 9.17) is 0 Å². The van der Waals surface area contributed by atoms with Gasteiger partial charge >= 0.3 is 6.03 Å². The molecule has 0 spiro atoms. The van der Waals surface area contributed by atoms with Crippen LogP contribution in [0.15, 0.2) is 24.3 Å². The quantitative estimate of drug-likeness (QED) is 0.846. The van der Waals surface area contributed by atoms with Gasteiger partial charge in [-0.25, -0.2) is 9.18 Å². The average Bonchev–Trinajstić information content (AvgIpc) is 2.52. The van der Waals surface area contributed by atoms with Gasteiger partial charge in [0.1, 0.15) is 5.82 Å². The summed E-state index contributed by atoms with van der Waals surface area (Å²) in [5, 5.41) is 5.18. The van der Waals surface area contributed by atoms with Gasteiger partial charge in [0.15, 0.2) is 0 Å². The number of piperazine rings is 1. The first-order valence-electron chi connectivity index (χ1n) is 7.27. The molecule has 1 fully saturated rings. The van der Waals surface area contributed by atoms with E-state index in [1.807, 2.05) is 7.05 Å². The molecule has 1 saturated heterocycles. The Hall–Kier alpha value is -2.15. The van der Waals surface area contributed by atoms with Crippen LogP contribution >= 0.6 is 0 Å². The molecule has 22 heavy (non-hydrogen) atoms. The molecule has 1 heterocycles. The zero-order valence-corrected chi connectivity index (χ0v) is 12.6. The molecule has 0 radical (unpaired) electrons. The van der Waals surface area contributed by atoms with Crippen molar-refractivity contribution in [2.24, 2.45) is 0 Å². The second-order valence-electron chi connectivity index (χ2n) is 5.35. The SMILES string of the molecule is CN1CCN(C(=O)CNC(=O)NCc2ccc(F)cc2)CC1. The van der Waals surface area contributed by atoms with Crippen molar-refractivity contribution in [3.05, 3.63) is 35.6 Å². The van der Waals surface area contributed by atoms with Crippen LogP contribution in [0.2, 0.25) is 0 Å². The highest BCUT2D eigenvalue weighted by atomic mass is 19.1. The van der Waals surface area contributed by atoms with E-state index in [9.17, 15) is 14.0 Å². The standard InChI is InChI=1S/C15H21FN4O2/c1-19-6-8-20(9-7-19)14(21)11-18-15(22)17-10-12-2-4-13(16)5-3-12/h2-5H,6-11H2,1H3,(H2,17,18,22). The normalized spacial score (nSPS) is 15.5. The van der Waals surface area contributed by atoms with Crippen molar-refractivity contribution in [3.63, 3.8) is 0 Å². The van der Waals surface area contributed by atoms with Gasteiger partial charge in [0, 0.05) is 32.7 Å². The van der Waals surface area contributed by atoms with Gasteiger partial charge < -0.3 is 20.4 Å². The number of urea groups is 1. The monoisotopic (exact) mass is 308 g/mol. The Morgan fingerprint density at radius 2 is 1.73 bits per heavy atom. The summed E-state index contributed by atoms with van der Waals surface area (Å²) in [5.41, 5.74) is 0.793. The number of nitrogens with one attached hydrogen (secondary N) is 2. The second-order valence-corrected chi connectivity index (χ2v) is 5.35. The van der Waals surface area contributed by atoms with Crippen molar-refractivity contribution in [3.8, 4) is 0 Å². The molecule has 3 amide bonds. The lowest BCUT2D eigenvalue weighted by atomic mass is 10.2. The van der Waals surface area contributed by atoms with Crippen LogP contribution in [0.4, 0.5) is 9.18 Å². The van der Waals surface area contributed by atoms with Crippen molar-refractivity contribution < 1.29 is 14.0 Å². The fraction of sp³-hybridized carbons (Fsp3) is 0.467. The number of carbonyl (C=O) groups excluding carboxylic acids is 2. The molecular weight excluding hydrogens is 287 g/mol. The van der Waals surface area contributed by atoms with Crippen molar-refractivity contribution in [1.29, 1.82) is 0 Å². The van der Waals surface area contributed by atoms with Crippen molar-refractivity contribution in [1.82, 2.24) is 20.4 Å². The lowest BCUT2D eigenvalue weighted by Crippen LogP contribution is -2.50. The molecule has 2 rings (SSSR count). The molecule has 2 N–H and O–H groups in total. The average molecular weight is 308 g/mol. The highest BCUT2D eigenvalue weighted by Crippen LogP contribution is 2.02. The number of hydrogen-bond acceptors (Lipinski definition) is 3. The Morgan fingerprint density at radius 3 is 2.36 bits per heavy atom. The third-order valence-corrected chi connectivity index (χ3v) is 3.62. The molecular formula is C15H21FN4O2. The maximum absolute atomic E-state index is 12.8. The molecule has 1 aliphatic heterocycles. The summed E-state index contributed by atoms with van der Waals surface area (Å²) in [6, 6.07) is 5.47. The third-order valence-electron chi connectivity index (χ3n) is 3.62. The number of hydrogen-bond donors (Lipinski definition) is 2. The first-order valence-corrected chi connectivity index (χ1v) is 7.27. The molecule has 7 heteroatoms. The Morgan fingerprint density at radius 1 is 1.09 bits per heavy atom. The molecule has 0 aromatic heterocycles. The van der Waals surface area contributed by atoms with Gasteiger partial charge in [-0.3, -0.25) is 4.79 Å². The summed E-state index contributed by atoms with van der Waals surface area (Å²) >= 11 is 0. The van der Waals surface area contributed by atoms with Crippen LogP contribution in [0.3, 0.4) is 0 Å². The number of nitrogens with zero attached hydrogens (tertiary/aromatic N) is 2. The highest BCUT2D eigenvalue weighted by molar-refractivity contribution is 5.84. The number of benzene rings is 1. The zero-order chi connectivity index (χ0) is 15.9. The summed E-state index contributed by atoms with van der Waals surface area (Å²) in [6.45, 7) is 3.35. The van der Waals surface area contributed by atoms with E-state index in [0.29, 0.717) is 13.1 Å². The first kappa shape index (κ1) is 16.2. The van der Waals surface area contributed by atoms with Gasteiger partial charge in [0.2, 0.25) is 5.91 Å². The maximum Gasteiger partial charge on any atom is 0.315 e. The van der Waals surface area contributed by atoms with Gasteiger partial charge in [-0.1, -0.05) is 12.1 Å². The maximum atomic E-state index is 12.8. The first-order chi connectivity index (χ1) is 10.5. The topological polar surface area (TPSA) is 64.7 Å². The summed E-state index contributed by atoms with van der Waals surface area (Å²) in [6.07, 6.45) is 0. The van der Waals surface area contributed by atoms with E-state index < -0.39 is 6.03 Å². The van der Waals surface area contributed by atoms with Crippen LogP contribution in [-0.2, 0) is 11.3 Å². The van der Waals surface area contributed by atoms with Gasteiger partial charge in [-0.2, -0.15) is 0 Å². The summed E-state index contributed by atoms with van der Waals surface area (Å²) in [7, 11) is 2.02. The van der Waals surface area contributed by atoms with E-state index in [1.54, 1.807) is 17.0 Å². The summed E-state index contributed by atoms with van der Waals surface area (Å²) in [5.74, 6) is -0.393. The second kappa shape index (κ2) is 7.74. The van der Waals surface area contributed by atoms with Crippen LogP contribution < -0.4 is 10.6 Å². The molecule has 0 atom stereocenters. The van der Waals surface area contributed by atoms with E-state index in [0.717, 1.165) is 18.7 Å². The molecule has 0 saturated carbocycles. The number of halogens is 1. The van der Waals surface area contributed by atoms with Crippen LogP contribution in [0, 0.1) is 5.82 Å². The molecule has 1 aromatic carbocycles. The van der Waals surface area contributed by atoms with Crippen LogP contribution in [0.25, 0.3) is 0 Å². The lowest BCUT2D eigenvalue weighted by Gasteiger charge is -2.32. The molecule has 1 aromatic rings. The van der Waals surface area contributed by atoms with E-state index >= 15 is 0 Å². The number of carbonyl (C=O) groups is 2. The van der Waals surface area contributed by atoms with Crippen molar-refractivity contribution in [2.45, 2.75) is 6.54 Å². The Kier molecular flexibility index (Phi) is 5.71. The molecule has 0 aliphatic carbocycles. The molecule has 120 valence electrons. The molecule has 0 unspecified atom stereocenters. The minimum atomic E-state index is -0.410. The predicted octanol–water partition coefficient (Wildman–Crippen LogP) is 0.399.